The van der Waals surface area contributed by atoms with Gasteiger partial charge in [-0.1, -0.05) is 12.1 Å². The van der Waals surface area contributed by atoms with Crippen molar-refractivity contribution in [1.29, 1.82) is 0 Å². The smallest absolute Gasteiger partial charge is 0.259 e. The van der Waals surface area contributed by atoms with Gasteiger partial charge in [0.05, 0.1) is 11.3 Å². The summed E-state index contributed by atoms with van der Waals surface area (Å²) in [6.45, 7) is 0.961. The largest absolute Gasteiger partial charge is 0.486 e. The number of nitrogens with one attached hydrogen (secondary N) is 2. The van der Waals surface area contributed by atoms with E-state index < -0.39 is 5.82 Å². The lowest BCUT2D eigenvalue weighted by molar-refractivity contribution is 0.102. The number of amides is 1. The van der Waals surface area contributed by atoms with Crippen molar-refractivity contribution < 1.29 is 18.7 Å². The lowest BCUT2D eigenvalue weighted by Gasteiger charge is -2.19. The van der Waals surface area contributed by atoms with E-state index >= 15 is 0 Å². The summed E-state index contributed by atoms with van der Waals surface area (Å²) in [5, 5.41) is 5.67. The molecule has 1 aliphatic rings. The van der Waals surface area contributed by atoms with E-state index in [0.29, 0.717) is 30.4 Å². The Morgan fingerprint density at radius 2 is 1.81 bits per heavy atom. The van der Waals surface area contributed by atoms with Crippen molar-refractivity contribution in [3.63, 3.8) is 0 Å². The summed E-state index contributed by atoms with van der Waals surface area (Å²) in [5.41, 5.74) is 1.09. The molecule has 1 amide bonds. The van der Waals surface area contributed by atoms with Gasteiger partial charge in [0.1, 0.15) is 24.8 Å². The molecule has 2 aromatic carbocycles. The highest BCUT2D eigenvalue weighted by Crippen LogP contribution is 2.33. The van der Waals surface area contributed by atoms with Crippen molar-refractivity contribution in [2.75, 3.05) is 23.8 Å². The molecule has 2 heterocycles. The molecule has 0 fully saturated rings. The first-order chi connectivity index (χ1) is 13.2. The number of benzene rings is 2. The van der Waals surface area contributed by atoms with Crippen LogP contribution in [0.25, 0.3) is 0 Å². The van der Waals surface area contributed by atoms with Crippen LogP contribution in [0, 0.1) is 5.82 Å². The molecule has 136 valence electrons. The quantitative estimate of drug-likeness (QED) is 0.731. The monoisotopic (exact) mass is 365 g/mol. The minimum atomic E-state index is -0.429. The molecule has 0 saturated heterocycles. The highest BCUT2D eigenvalue weighted by atomic mass is 19.1. The van der Waals surface area contributed by atoms with Crippen LogP contribution in [0.15, 0.2) is 60.8 Å². The van der Waals surface area contributed by atoms with Gasteiger partial charge < -0.3 is 20.1 Å². The Bertz CT molecular complexity index is 994. The summed E-state index contributed by atoms with van der Waals surface area (Å²) < 4.78 is 24.9. The van der Waals surface area contributed by atoms with E-state index in [2.05, 4.69) is 15.6 Å². The molecule has 0 spiro atoms. The van der Waals surface area contributed by atoms with Crippen molar-refractivity contribution in [2.45, 2.75) is 0 Å². The summed E-state index contributed by atoms with van der Waals surface area (Å²) in [6, 6.07) is 14.6. The average Bonchev–Trinajstić information content (AvgIpc) is 2.70. The number of halogens is 1. The maximum Gasteiger partial charge on any atom is 0.259 e. The van der Waals surface area contributed by atoms with Crippen LogP contribution < -0.4 is 20.1 Å². The molecule has 1 aromatic heterocycles. The van der Waals surface area contributed by atoms with Crippen LogP contribution in [0.4, 0.5) is 21.6 Å². The zero-order valence-electron chi connectivity index (χ0n) is 14.2. The molecule has 27 heavy (non-hydrogen) atoms. The molecular formula is C20H16FN3O3. The Kier molecular flexibility index (Phi) is 4.57. The predicted octanol–water partition coefficient (Wildman–Crippen LogP) is 3.99. The number of fused-ring (bicyclic) bond motifs is 1. The molecule has 1 aliphatic heterocycles. The Balaban J connectivity index is 1.57. The molecule has 0 atom stereocenters. The zero-order chi connectivity index (χ0) is 18.6. The van der Waals surface area contributed by atoms with Gasteiger partial charge in [0.25, 0.3) is 5.91 Å². The van der Waals surface area contributed by atoms with Gasteiger partial charge in [0.2, 0.25) is 0 Å². The van der Waals surface area contributed by atoms with Gasteiger partial charge >= 0.3 is 0 Å². The number of carbonyl (C=O) groups excluding carboxylic acids is 1. The van der Waals surface area contributed by atoms with Crippen LogP contribution in [0.1, 0.15) is 10.4 Å². The number of anilines is 3. The average molecular weight is 365 g/mol. The first-order valence-electron chi connectivity index (χ1n) is 8.38. The van der Waals surface area contributed by atoms with Crippen molar-refractivity contribution in [2.24, 2.45) is 0 Å². The second-order valence-corrected chi connectivity index (χ2v) is 5.82. The molecule has 0 bridgehead atoms. The number of nitrogens with zero attached hydrogens (tertiary/aromatic N) is 1. The normalized spacial score (nSPS) is 12.3. The number of carbonyl (C=O) groups is 1. The minimum absolute atomic E-state index is 0.240. The molecule has 2 N–H and O–H groups in total. The van der Waals surface area contributed by atoms with Gasteiger partial charge in [-0.25, -0.2) is 9.37 Å². The number of para-hydroxylation sites is 1. The highest BCUT2D eigenvalue weighted by molar-refractivity contribution is 6.07. The Morgan fingerprint density at radius 1 is 1.00 bits per heavy atom. The Hall–Kier alpha value is -3.61. The number of pyridine rings is 1. The lowest BCUT2D eigenvalue weighted by Crippen LogP contribution is -2.17. The third-order valence-corrected chi connectivity index (χ3v) is 3.98. The van der Waals surface area contributed by atoms with Crippen LogP contribution >= 0.6 is 0 Å². The maximum absolute atomic E-state index is 13.9. The third-order valence-electron chi connectivity index (χ3n) is 3.98. The number of rotatable bonds is 4. The zero-order valence-corrected chi connectivity index (χ0v) is 14.2. The number of aromatic nitrogens is 1. The SMILES string of the molecule is O=C(Nc1ccc2c(c1)OCCO2)c1cccnc1Nc1ccccc1F. The molecule has 0 aliphatic carbocycles. The highest BCUT2D eigenvalue weighted by Gasteiger charge is 2.16. The van der Waals surface area contributed by atoms with Gasteiger partial charge in [0, 0.05) is 18.0 Å². The van der Waals surface area contributed by atoms with Crippen molar-refractivity contribution in [1.82, 2.24) is 4.98 Å². The van der Waals surface area contributed by atoms with E-state index in [9.17, 15) is 9.18 Å². The molecular weight excluding hydrogens is 349 g/mol. The molecule has 4 rings (SSSR count). The third kappa shape index (κ3) is 3.67. The fourth-order valence-electron chi connectivity index (χ4n) is 2.70. The molecule has 0 saturated carbocycles. The summed E-state index contributed by atoms with van der Waals surface area (Å²) >= 11 is 0. The summed E-state index contributed by atoms with van der Waals surface area (Å²) in [5.74, 6) is 0.676. The standard InChI is InChI=1S/C20H16FN3O3/c21-15-5-1-2-6-16(15)24-19-14(4-3-9-22-19)20(25)23-13-7-8-17-18(12-13)27-11-10-26-17/h1-9,12H,10-11H2,(H,22,24)(H,23,25). The van der Waals surface area contributed by atoms with Gasteiger partial charge in [-0.2, -0.15) is 0 Å². The van der Waals surface area contributed by atoms with Gasteiger partial charge in [-0.3, -0.25) is 4.79 Å². The summed E-state index contributed by atoms with van der Waals surface area (Å²) in [4.78, 5) is 16.9. The van der Waals surface area contributed by atoms with E-state index in [1.807, 2.05) is 0 Å². The Labute approximate surface area is 155 Å². The maximum atomic E-state index is 13.9. The van der Waals surface area contributed by atoms with E-state index in [1.165, 1.54) is 12.3 Å². The minimum Gasteiger partial charge on any atom is -0.486 e. The summed E-state index contributed by atoms with van der Waals surface area (Å²) in [7, 11) is 0. The van der Waals surface area contributed by atoms with Crippen molar-refractivity contribution >= 4 is 23.1 Å². The Morgan fingerprint density at radius 3 is 2.67 bits per heavy atom. The van der Waals surface area contributed by atoms with Crippen LogP contribution in [-0.2, 0) is 0 Å². The van der Waals surface area contributed by atoms with E-state index in [-0.39, 0.29) is 23.0 Å². The van der Waals surface area contributed by atoms with Crippen LogP contribution in [0.2, 0.25) is 0 Å². The fourth-order valence-corrected chi connectivity index (χ4v) is 2.70. The molecule has 6 nitrogen and oxygen atoms in total. The first kappa shape index (κ1) is 16.8. The van der Waals surface area contributed by atoms with E-state index in [1.54, 1.807) is 48.5 Å². The van der Waals surface area contributed by atoms with E-state index in [0.717, 1.165) is 0 Å². The first-order valence-corrected chi connectivity index (χ1v) is 8.38. The molecule has 7 heteroatoms. The van der Waals surface area contributed by atoms with Gasteiger partial charge in [-0.05, 0) is 36.4 Å². The van der Waals surface area contributed by atoms with Crippen LogP contribution in [0.3, 0.4) is 0 Å². The number of ether oxygens (including phenoxy) is 2. The number of hydrogen-bond donors (Lipinski definition) is 2. The summed E-state index contributed by atoms with van der Waals surface area (Å²) in [6.07, 6.45) is 1.53. The van der Waals surface area contributed by atoms with E-state index in [4.69, 9.17) is 9.47 Å². The van der Waals surface area contributed by atoms with Crippen molar-refractivity contribution in [3.8, 4) is 11.5 Å². The molecule has 0 unspecified atom stereocenters. The predicted molar refractivity (Wildman–Crippen MR) is 99.3 cm³/mol. The molecule has 3 aromatic rings. The second-order valence-electron chi connectivity index (χ2n) is 5.82. The van der Waals surface area contributed by atoms with Gasteiger partial charge in [0.15, 0.2) is 11.5 Å². The van der Waals surface area contributed by atoms with Crippen LogP contribution in [0.5, 0.6) is 11.5 Å². The van der Waals surface area contributed by atoms with Crippen molar-refractivity contribution in [3.05, 3.63) is 72.2 Å². The second kappa shape index (κ2) is 7.33. The topological polar surface area (TPSA) is 72.5 Å². The van der Waals surface area contributed by atoms with Crippen LogP contribution in [-0.4, -0.2) is 24.1 Å². The number of hydrogen-bond acceptors (Lipinski definition) is 5. The lowest BCUT2D eigenvalue weighted by atomic mass is 10.2. The van der Waals surface area contributed by atoms with Gasteiger partial charge in [-0.15, -0.1) is 0 Å². The molecule has 0 radical (unpaired) electrons. The fraction of sp³-hybridized carbons (Fsp3) is 0.100.